The molecule has 3 aromatic rings. The second kappa shape index (κ2) is 7.56. The van der Waals surface area contributed by atoms with Gasteiger partial charge >= 0.3 is 0 Å². The number of carbonyl (C=O) groups excluding carboxylic acids is 2. The molecule has 1 aromatic heterocycles. The van der Waals surface area contributed by atoms with Crippen LogP contribution < -0.4 is 9.80 Å². The molecule has 0 fully saturated rings. The minimum Gasteiger partial charge on any atom is -0.465 e. The molecule has 2 aliphatic rings. The maximum absolute atomic E-state index is 13.9. The number of para-hydroxylation sites is 2. The number of anilines is 2. The monoisotopic (exact) mass is 414 g/mol. The lowest BCUT2D eigenvalue weighted by Gasteiger charge is -2.43. The second-order valence-corrected chi connectivity index (χ2v) is 7.56. The first-order valence-corrected chi connectivity index (χ1v) is 10.4. The first-order chi connectivity index (χ1) is 15.2. The van der Waals surface area contributed by atoms with Crippen molar-refractivity contribution in [2.45, 2.75) is 25.7 Å². The summed E-state index contributed by atoms with van der Waals surface area (Å²) >= 11 is 0. The van der Waals surface area contributed by atoms with Crippen molar-refractivity contribution in [3.63, 3.8) is 0 Å². The number of fused-ring (bicyclic) bond motifs is 3. The summed E-state index contributed by atoms with van der Waals surface area (Å²) in [5.41, 5.74) is 1.45. The van der Waals surface area contributed by atoms with Gasteiger partial charge in [0.1, 0.15) is 5.76 Å². The molecule has 3 heterocycles. The van der Waals surface area contributed by atoms with Gasteiger partial charge in [0.05, 0.1) is 24.2 Å². The van der Waals surface area contributed by atoms with E-state index < -0.39 is 5.72 Å². The Morgan fingerprint density at radius 1 is 1.06 bits per heavy atom. The lowest BCUT2D eigenvalue weighted by atomic mass is 9.97. The van der Waals surface area contributed by atoms with Crippen LogP contribution in [-0.4, -0.2) is 18.4 Å². The molecule has 5 rings (SSSR count). The van der Waals surface area contributed by atoms with Crippen molar-refractivity contribution in [1.29, 1.82) is 0 Å². The normalized spacial score (nSPS) is 19.8. The number of furan rings is 1. The van der Waals surface area contributed by atoms with Gasteiger partial charge in [-0.2, -0.15) is 0 Å². The molecule has 1 atom stereocenters. The number of nitrogens with zero attached hydrogens (tertiary/aromatic N) is 2. The summed E-state index contributed by atoms with van der Waals surface area (Å²) in [5.74, 6) is -0.0470. The van der Waals surface area contributed by atoms with Crippen molar-refractivity contribution < 1.29 is 18.7 Å². The number of rotatable bonds is 4. The third-order valence-corrected chi connectivity index (χ3v) is 5.68. The molecule has 6 nitrogen and oxygen atoms in total. The lowest BCUT2D eigenvalue weighted by molar-refractivity contribution is -0.151. The zero-order valence-corrected chi connectivity index (χ0v) is 17.2. The summed E-state index contributed by atoms with van der Waals surface area (Å²) in [6.07, 6.45) is 5.36. The van der Waals surface area contributed by atoms with Crippen molar-refractivity contribution in [3.8, 4) is 0 Å². The fourth-order valence-corrected chi connectivity index (χ4v) is 4.36. The molecule has 0 N–H and O–H groups in total. The molecule has 0 saturated heterocycles. The van der Waals surface area contributed by atoms with E-state index in [9.17, 15) is 9.59 Å². The molecule has 0 radical (unpaired) electrons. The van der Waals surface area contributed by atoms with Gasteiger partial charge in [0.15, 0.2) is 0 Å². The van der Waals surface area contributed by atoms with E-state index in [1.54, 1.807) is 29.4 Å². The van der Waals surface area contributed by atoms with Crippen LogP contribution in [-0.2, 0) is 26.7 Å². The highest BCUT2D eigenvalue weighted by Gasteiger charge is 2.59. The molecule has 0 unspecified atom stereocenters. The first kappa shape index (κ1) is 19.3. The molecule has 0 saturated carbocycles. The molecule has 6 heteroatoms. The van der Waals surface area contributed by atoms with E-state index in [-0.39, 0.29) is 18.4 Å². The summed E-state index contributed by atoms with van der Waals surface area (Å²) in [4.78, 5) is 30.6. The van der Waals surface area contributed by atoms with Crippen LogP contribution >= 0.6 is 0 Å². The third-order valence-electron chi connectivity index (χ3n) is 5.68. The largest absolute Gasteiger partial charge is 0.465 e. The van der Waals surface area contributed by atoms with Gasteiger partial charge in [-0.05, 0) is 36.8 Å². The summed E-state index contributed by atoms with van der Waals surface area (Å²) < 4.78 is 11.6. The van der Waals surface area contributed by atoms with Crippen molar-refractivity contribution in [2.24, 2.45) is 0 Å². The highest BCUT2D eigenvalue weighted by atomic mass is 16.5. The number of carbonyl (C=O) groups is 2. The Kier molecular flexibility index (Phi) is 4.71. The van der Waals surface area contributed by atoms with Gasteiger partial charge in [-0.3, -0.25) is 14.5 Å². The van der Waals surface area contributed by atoms with Crippen LogP contribution in [0.5, 0.6) is 0 Å². The van der Waals surface area contributed by atoms with Crippen LogP contribution in [0.15, 0.2) is 77.4 Å². The molecule has 2 amide bonds. The van der Waals surface area contributed by atoms with Gasteiger partial charge in [0.2, 0.25) is 0 Å². The maximum atomic E-state index is 13.9. The Morgan fingerprint density at radius 2 is 1.84 bits per heavy atom. The highest BCUT2D eigenvalue weighted by Crippen LogP contribution is 2.50. The van der Waals surface area contributed by atoms with Crippen LogP contribution in [0.1, 0.15) is 30.2 Å². The number of amides is 2. The molecule has 2 aliphatic heterocycles. The predicted octanol–water partition coefficient (Wildman–Crippen LogP) is 4.47. The van der Waals surface area contributed by atoms with E-state index in [0.717, 1.165) is 17.7 Å². The van der Waals surface area contributed by atoms with Crippen molar-refractivity contribution >= 4 is 29.3 Å². The molecule has 2 aromatic carbocycles. The van der Waals surface area contributed by atoms with Crippen molar-refractivity contribution in [1.82, 2.24) is 0 Å². The van der Waals surface area contributed by atoms with Gasteiger partial charge in [0, 0.05) is 23.7 Å². The Balaban J connectivity index is 1.68. The van der Waals surface area contributed by atoms with Gasteiger partial charge in [0.25, 0.3) is 17.5 Å². The molecule has 31 heavy (non-hydrogen) atoms. The van der Waals surface area contributed by atoms with Gasteiger partial charge in [-0.25, -0.2) is 0 Å². The zero-order valence-electron chi connectivity index (χ0n) is 17.2. The Labute approximate surface area is 180 Å². The molecule has 1 spiro atoms. The van der Waals surface area contributed by atoms with E-state index in [4.69, 9.17) is 9.15 Å². The lowest BCUT2D eigenvalue weighted by Crippen LogP contribution is -2.59. The third kappa shape index (κ3) is 2.91. The SMILES string of the molecule is CCCN1C(=O)[C@@]2(OCc3ccccc3N2C(=O)/C=C/c2ccco2)c2ccccc21. The highest BCUT2D eigenvalue weighted by molar-refractivity contribution is 6.16. The van der Waals surface area contributed by atoms with Gasteiger partial charge in [-0.1, -0.05) is 43.3 Å². The fourth-order valence-electron chi connectivity index (χ4n) is 4.36. The predicted molar refractivity (Wildman–Crippen MR) is 117 cm³/mol. The quantitative estimate of drug-likeness (QED) is 0.591. The first-order valence-electron chi connectivity index (χ1n) is 10.4. The second-order valence-electron chi connectivity index (χ2n) is 7.56. The Hall–Kier alpha value is -3.64. The van der Waals surface area contributed by atoms with E-state index in [0.29, 0.717) is 23.6 Å². The topological polar surface area (TPSA) is 63.0 Å². The van der Waals surface area contributed by atoms with E-state index in [1.807, 2.05) is 55.5 Å². The van der Waals surface area contributed by atoms with Crippen LogP contribution in [0, 0.1) is 0 Å². The summed E-state index contributed by atoms with van der Waals surface area (Å²) in [6.45, 7) is 2.81. The summed E-state index contributed by atoms with van der Waals surface area (Å²) in [5, 5.41) is 0. The zero-order chi connectivity index (χ0) is 21.4. The molecular weight excluding hydrogens is 392 g/mol. The number of benzene rings is 2. The maximum Gasteiger partial charge on any atom is 0.286 e. The average molecular weight is 414 g/mol. The standard InChI is InChI=1S/C25H22N2O4/c1-2-15-26-22-12-6-4-10-20(22)25(24(26)29)27(21-11-5-3-8-18(21)17-31-25)23(28)14-13-19-9-7-16-30-19/h3-14,16H,2,15,17H2,1H3/b14-13+/t25-/m0/s1. The number of ether oxygens (including phenoxy) is 1. The molecule has 156 valence electrons. The average Bonchev–Trinajstić information content (AvgIpc) is 3.40. The number of hydrogen-bond acceptors (Lipinski definition) is 4. The summed E-state index contributed by atoms with van der Waals surface area (Å²) in [6, 6.07) is 18.6. The van der Waals surface area contributed by atoms with Crippen LogP contribution in [0.25, 0.3) is 6.08 Å². The van der Waals surface area contributed by atoms with Gasteiger partial charge in [-0.15, -0.1) is 0 Å². The Bertz CT molecular complexity index is 1170. The van der Waals surface area contributed by atoms with Crippen LogP contribution in [0.2, 0.25) is 0 Å². The van der Waals surface area contributed by atoms with Crippen LogP contribution in [0.4, 0.5) is 11.4 Å². The smallest absolute Gasteiger partial charge is 0.286 e. The summed E-state index contributed by atoms with van der Waals surface area (Å²) in [7, 11) is 0. The van der Waals surface area contributed by atoms with Gasteiger partial charge < -0.3 is 14.1 Å². The molecule has 0 aliphatic carbocycles. The Morgan fingerprint density at radius 3 is 2.61 bits per heavy atom. The molecular formula is C25H22N2O4. The van der Waals surface area contributed by atoms with E-state index in [2.05, 4.69) is 0 Å². The minimum absolute atomic E-state index is 0.238. The van der Waals surface area contributed by atoms with E-state index >= 15 is 0 Å². The van der Waals surface area contributed by atoms with Crippen molar-refractivity contribution in [2.75, 3.05) is 16.3 Å². The fraction of sp³-hybridized carbons (Fsp3) is 0.200. The van der Waals surface area contributed by atoms with E-state index in [1.165, 1.54) is 11.0 Å². The van der Waals surface area contributed by atoms with Crippen molar-refractivity contribution in [3.05, 3.63) is 89.9 Å². The number of hydrogen-bond donors (Lipinski definition) is 0. The van der Waals surface area contributed by atoms with Crippen LogP contribution in [0.3, 0.4) is 0 Å². The minimum atomic E-state index is -1.54. The molecule has 0 bridgehead atoms.